The molecule has 5 heteroatoms. The van der Waals surface area contributed by atoms with Gasteiger partial charge >= 0.3 is 0 Å². The molecular weight excluding hydrogens is 218 g/mol. The maximum absolute atomic E-state index is 11.2. The quantitative estimate of drug-likeness (QED) is 0.611. The number of carbonyl (C=O) groups is 2. The van der Waals surface area contributed by atoms with Crippen LogP contribution in [0.2, 0.25) is 0 Å². The Balaban J connectivity index is 2.97. The standard InChI is InChI=1S/C10H10ClNO3/c1-6(13)12-7-2-3-8(9(14)4-7)10(15)5-11/h2-4,14H,5H2,1H3,(H,12,13). The highest BCUT2D eigenvalue weighted by molar-refractivity contribution is 6.30. The molecule has 0 saturated heterocycles. The van der Waals surface area contributed by atoms with Crippen LogP contribution in [-0.4, -0.2) is 22.7 Å². The molecule has 0 unspecified atom stereocenters. The lowest BCUT2D eigenvalue weighted by Gasteiger charge is -2.05. The van der Waals surface area contributed by atoms with Crippen molar-refractivity contribution in [1.29, 1.82) is 0 Å². The van der Waals surface area contributed by atoms with Gasteiger partial charge in [-0.15, -0.1) is 11.6 Å². The largest absolute Gasteiger partial charge is 0.507 e. The fourth-order valence-corrected chi connectivity index (χ4v) is 1.26. The van der Waals surface area contributed by atoms with Gasteiger partial charge in [-0.2, -0.15) is 0 Å². The second kappa shape index (κ2) is 4.79. The first-order valence-corrected chi connectivity index (χ1v) is 4.78. The molecule has 0 saturated carbocycles. The summed E-state index contributed by atoms with van der Waals surface area (Å²) in [6.45, 7) is 1.36. The smallest absolute Gasteiger partial charge is 0.221 e. The number of halogens is 1. The fourth-order valence-electron chi connectivity index (χ4n) is 1.12. The summed E-state index contributed by atoms with van der Waals surface area (Å²) in [5.74, 6) is -0.978. The molecule has 1 amide bonds. The molecule has 0 aromatic heterocycles. The lowest BCUT2D eigenvalue weighted by molar-refractivity contribution is -0.114. The van der Waals surface area contributed by atoms with Crippen molar-refractivity contribution in [2.24, 2.45) is 0 Å². The molecule has 0 heterocycles. The van der Waals surface area contributed by atoms with E-state index in [0.29, 0.717) is 5.69 Å². The third-order valence-corrected chi connectivity index (χ3v) is 1.98. The summed E-state index contributed by atoms with van der Waals surface area (Å²) in [6.07, 6.45) is 0. The van der Waals surface area contributed by atoms with Gasteiger partial charge in [0, 0.05) is 18.7 Å². The summed E-state index contributed by atoms with van der Waals surface area (Å²) in [6, 6.07) is 4.26. The van der Waals surface area contributed by atoms with Crippen molar-refractivity contribution in [3.05, 3.63) is 23.8 Å². The number of carbonyl (C=O) groups excluding carboxylic acids is 2. The monoisotopic (exact) mass is 227 g/mol. The minimum atomic E-state index is -0.358. The molecule has 0 radical (unpaired) electrons. The van der Waals surface area contributed by atoms with Gasteiger partial charge in [0.25, 0.3) is 0 Å². The van der Waals surface area contributed by atoms with Gasteiger partial charge in [-0.05, 0) is 12.1 Å². The number of amides is 1. The molecule has 0 aliphatic carbocycles. The molecule has 0 fully saturated rings. The second-order valence-electron chi connectivity index (χ2n) is 2.97. The number of phenols is 1. The Morgan fingerprint density at radius 3 is 2.60 bits per heavy atom. The van der Waals surface area contributed by atoms with Crippen LogP contribution in [0, 0.1) is 0 Å². The van der Waals surface area contributed by atoms with Crippen LogP contribution in [0.15, 0.2) is 18.2 Å². The van der Waals surface area contributed by atoms with E-state index in [-0.39, 0.29) is 28.9 Å². The van der Waals surface area contributed by atoms with E-state index in [1.54, 1.807) is 0 Å². The van der Waals surface area contributed by atoms with Gasteiger partial charge in [-0.1, -0.05) is 0 Å². The average molecular weight is 228 g/mol. The number of aromatic hydroxyl groups is 1. The van der Waals surface area contributed by atoms with Gasteiger partial charge in [-0.25, -0.2) is 0 Å². The third-order valence-electron chi connectivity index (χ3n) is 1.74. The number of anilines is 1. The summed E-state index contributed by atoms with van der Waals surface area (Å²) in [4.78, 5) is 21.9. The Hall–Kier alpha value is -1.55. The van der Waals surface area contributed by atoms with Crippen LogP contribution < -0.4 is 5.32 Å². The number of phenolic OH excluding ortho intramolecular Hbond substituents is 1. The molecule has 2 N–H and O–H groups in total. The minimum Gasteiger partial charge on any atom is -0.507 e. The van der Waals surface area contributed by atoms with Gasteiger partial charge in [0.15, 0.2) is 5.78 Å². The molecule has 0 bridgehead atoms. The van der Waals surface area contributed by atoms with E-state index in [4.69, 9.17) is 11.6 Å². The van der Waals surface area contributed by atoms with Gasteiger partial charge in [0.05, 0.1) is 11.4 Å². The first kappa shape index (κ1) is 11.5. The average Bonchev–Trinajstić information content (AvgIpc) is 2.16. The number of hydrogen-bond donors (Lipinski definition) is 2. The third kappa shape index (κ3) is 2.95. The van der Waals surface area contributed by atoms with Crippen LogP contribution in [0.5, 0.6) is 5.75 Å². The van der Waals surface area contributed by atoms with E-state index in [1.807, 2.05) is 0 Å². The van der Waals surface area contributed by atoms with Gasteiger partial charge in [0.1, 0.15) is 5.75 Å². The summed E-state index contributed by atoms with van der Waals surface area (Å²) in [5.41, 5.74) is 0.588. The molecule has 15 heavy (non-hydrogen) atoms. The first-order chi connectivity index (χ1) is 7.04. The first-order valence-electron chi connectivity index (χ1n) is 4.24. The van der Waals surface area contributed by atoms with Crippen molar-refractivity contribution >= 4 is 29.0 Å². The highest BCUT2D eigenvalue weighted by atomic mass is 35.5. The predicted octanol–water partition coefficient (Wildman–Crippen LogP) is 1.77. The number of nitrogens with one attached hydrogen (secondary N) is 1. The van der Waals surface area contributed by atoms with Crippen LogP contribution in [0.1, 0.15) is 17.3 Å². The van der Waals surface area contributed by atoms with E-state index in [2.05, 4.69) is 5.32 Å². The van der Waals surface area contributed by atoms with Crippen LogP contribution >= 0.6 is 11.6 Å². The lowest BCUT2D eigenvalue weighted by Crippen LogP contribution is -2.06. The maximum Gasteiger partial charge on any atom is 0.221 e. The molecule has 0 atom stereocenters. The summed E-state index contributed by atoms with van der Waals surface area (Å²) >= 11 is 5.35. The fraction of sp³-hybridized carbons (Fsp3) is 0.200. The van der Waals surface area contributed by atoms with Gasteiger partial charge < -0.3 is 10.4 Å². The Bertz CT molecular complexity index is 404. The minimum absolute atomic E-state index is 0.152. The topological polar surface area (TPSA) is 66.4 Å². The van der Waals surface area contributed by atoms with Gasteiger partial charge in [0.2, 0.25) is 5.91 Å². The lowest BCUT2D eigenvalue weighted by atomic mass is 10.1. The zero-order chi connectivity index (χ0) is 11.4. The number of benzene rings is 1. The van der Waals surface area contributed by atoms with Crippen molar-refractivity contribution in [3.8, 4) is 5.75 Å². The molecule has 1 rings (SSSR count). The second-order valence-corrected chi connectivity index (χ2v) is 3.24. The van der Waals surface area contributed by atoms with E-state index < -0.39 is 0 Å². The van der Waals surface area contributed by atoms with Crippen LogP contribution in [0.4, 0.5) is 5.69 Å². The maximum atomic E-state index is 11.2. The SMILES string of the molecule is CC(=O)Nc1ccc(C(=O)CCl)c(O)c1. The Kier molecular flexibility index (Phi) is 3.68. The van der Waals surface area contributed by atoms with Crippen molar-refractivity contribution in [2.75, 3.05) is 11.2 Å². The van der Waals surface area contributed by atoms with Crippen LogP contribution in [0.3, 0.4) is 0 Å². The van der Waals surface area contributed by atoms with Crippen molar-refractivity contribution in [2.45, 2.75) is 6.92 Å². The zero-order valence-corrected chi connectivity index (χ0v) is 8.84. The molecule has 0 spiro atoms. The Labute approximate surface area is 91.9 Å². The Morgan fingerprint density at radius 1 is 1.47 bits per heavy atom. The van der Waals surface area contributed by atoms with E-state index in [0.717, 1.165) is 0 Å². The zero-order valence-electron chi connectivity index (χ0n) is 8.08. The van der Waals surface area contributed by atoms with E-state index >= 15 is 0 Å². The van der Waals surface area contributed by atoms with Crippen molar-refractivity contribution < 1.29 is 14.7 Å². The molecular formula is C10H10ClNO3. The van der Waals surface area contributed by atoms with Crippen LogP contribution in [-0.2, 0) is 4.79 Å². The molecule has 1 aromatic rings. The normalized spacial score (nSPS) is 9.73. The molecule has 1 aromatic carbocycles. The molecule has 0 aliphatic heterocycles. The predicted molar refractivity (Wildman–Crippen MR) is 57.5 cm³/mol. The number of hydrogen-bond acceptors (Lipinski definition) is 3. The number of Topliss-reactive ketones (excluding diaryl/α,β-unsaturated/α-hetero) is 1. The van der Waals surface area contributed by atoms with Crippen LogP contribution in [0.25, 0.3) is 0 Å². The molecule has 4 nitrogen and oxygen atoms in total. The Morgan fingerprint density at radius 2 is 2.13 bits per heavy atom. The van der Waals surface area contributed by atoms with Crippen molar-refractivity contribution in [3.63, 3.8) is 0 Å². The summed E-state index contributed by atoms with van der Waals surface area (Å²) < 4.78 is 0. The summed E-state index contributed by atoms with van der Waals surface area (Å²) in [5, 5.41) is 12.0. The number of ketones is 1. The van der Waals surface area contributed by atoms with E-state index in [9.17, 15) is 14.7 Å². The molecule has 0 aliphatic rings. The van der Waals surface area contributed by atoms with E-state index in [1.165, 1.54) is 25.1 Å². The number of rotatable bonds is 3. The van der Waals surface area contributed by atoms with Gasteiger partial charge in [-0.3, -0.25) is 9.59 Å². The van der Waals surface area contributed by atoms with Crippen molar-refractivity contribution in [1.82, 2.24) is 0 Å². The number of alkyl halides is 1. The highest BCUT2D eigenvalue weighted by Crippen LogP contribution is 2.22. The molecule has 80 valence electrons. The summed E-state index contributed by atoms with van der Waals surface area (Å²) in [7, 11) is 0. The highest BCUT2D eigenvalue weighted by Gasteiger charge is 2.10.